The van der Waals surface area contributed by atoms with Crippen LogP contribution in [0.5, 0.6) is 17.2 Å². The summed E-state index contributed by atoms with van der Waals surface area (Å²) in [4.78, 5) is 3.97. The molecule has 0 spiro atoms. The zero-order valence-corrected chi connectivity index (χ0v) is 12.2. The molecule has 1 aromatic carbocycles. The Hall–Kier alpha value is -2.49. The highest BCUT2D eigenvalue weighted by Crippen LogP contribution is 2.37. The summed E-state index contributed by atoms with van der Waals surface area (Å²) in [5.74, 6) is 2.53. The second kappa shape index (κ2) is 5.48. The topological polar surface area (TPSA) is 57.4 Å². The number of nitrogens with two attached hydrogens (primary N) is 1. The number of nitrogens with zero attached hydrogens (tertiary/aromatic N) is 1. The van der Waals surface area contributed by atoms with E-state index in [4.69, 9.17) is 15.2 Å². The summed E-state index contributed by atoms with van der Waals surface area (Å²) >= 11 is 0. The number of pyridine rings is 1. The first kappa shape index (κ1) is 13.5. The number of allylic oxidation sites excluding steroid dienone is 1. The second-order valence-electron chi connectivity index (χ2n) is 5.29. The lowest BCUT2D eigenvalue weighted by Crippen LogP contribution is -2.07. The lowest BCUT2D eigenvalue weighted by atomic mass is 10.1. The van der Waals surface area contributed by atoms with Crippen molar-refractivity contribution in [2.45, 2.75) is 26.4 Å². The van der Waals surface area contributed by atoms with Crippen LogP contribution in [0.25, 0.3) is 6.08 Å². The first-order chi connectivity index (χ1) is 10.1. The van der Waals surface area contributed by atoms with E-state index in [0.717, 1.165) is 12.2 Å². The van der Waals surface area contributed by atoms with Crippen LogP contribution in [0.1, 0.15) is 25.0 Å². The van der Waals surface area contributed by atoms with E-state index in [9.17, 15) is 0 Å². The largest absolute Gasteiger partial charge is 0.487 e. The maximum absolute atomic E-state index is 5.94. The third-order valence-electron chi connectivity index (χ3n) is 3.18. The van der Waals surface area contributed by atoms with Gasteiger partial charge in [-0.2, -0.15) is 0 Å². The van der Waals surface area contributed by atoms with Crippen LogP contribution < -0.4 is 15.2 Å². The molecule has 2 N–H and O–H groups in total. The highest BCUT2D eigenvalue weighted by molar-refractivity contribution is 5.65. The number of nitrogen functional groups attached to an aromatic ring is 1. The van der Waals surface area contributed by atoms with Gasteiger partial charge in [0.15, 0.2) is 11.5 Å². The molecule has 4 heteroatoms. The minimum atomic E-state index is 0.0854. The summed E-state index contributed by atoms with van der Waals surface area (Å²) in [6, 6.07) is 7.53. The Morgan fingerprint density at radius 2 is 2.05 bits per heavy atom. The number of aromatic nitrogens is 1. The minimum Gasteiger partial charge on any atom is -0.487 e. The van der Waals surface area contributed by atoms with Crippen LogP contribution in [0.3, 0.4) is 0 Å². The zero-order valence-electron chi connectivity index (χ0n) is 12.2. The van der Waals surface area contributed by atoms with E-state index in [2.05, 4.69) is 23.2 Å². The second-order valence-corrected chi connectivity index (χ2v) is 5.29. The smallest absolute Gasteiger partial charge is 0.169 e. The normalized spacial score (nSPS) is 12.5. The van der Waals surface area contributed by atoms with Crippen molar-refractivity contribution in [3.8, 4) is 17.2 Å². The molecule has 0 radical (unpaired) electrons. The molecule has 0 fully saturated rings. The van der Waals surface area contributed by atoms with Gasteiger partial charge < -0.3 is 15.2 Å². The highest BCUT2D eigenvalue weighted by atomic mass is 16.5. The molecule has 0 saturated heterocycles. The Morgan fingerprint density at radius 3 is 2.81 bits per heavy atom. The van der Waals surface area contributed by atoms with Gasteiger partial charge in [0.1, 0.15) is 11.6 Å². The summed E-state index contributed by atoms with van der Waals surface area (Å²) in [5.41, 5.74) is 8.11. The highest BCUT2D eigenvalue weighted by Gasteiger charge is 2.15. The minimum absolute atomic E-state index is 0.0854. The molecule has 4 nitrogen and oxygen atoms in total. The van der Waals surface area contributed by atoms with Crippen molar-refractivity contribution in [3.05, 3.63) is 47.7 Å². The molecule has 21 heavy (non-hydrogen) atoms. The molecule has 0 unspecified atom stereocenters. The summed E-state index contributed by atoms with van der Waals surface area (Å²) in [6.45, 7) is 4.00. The molecule has 0 aliphatic heterocycles. The van der Waals surface area contributed by atoms with E-state index in [-0.39, 0.29) is 6.10 Å². The van der Waals surface area contributed by atoms with E-state index in [1.165, 1.54) is 11.1 Å². The van der Waals surface area contributed by atoms with Crippen LogP contribution in [0, 0.1) is 0 Å². The van der Waals surface area contributed by atoms with Gasteiger partial charge in [-0.25, -0.2) is 4.98 Å². The third-order valence-corrected chi connectivity index (χ3v) is 3.18. The molecule has 0 atom stereocenters. The maximum Gasteiger partial charge on any atom is 0.169 e. The molecular weight excluding hydrogens is 264 g/mol. The number of hydrogen-bond acceptors (Lipinski definition) is 4. The molecule has 108 valence electrons. The molecule has 0 amide bonds. The monoisotopic (exact) mass is 282 g/mol. The lowest BCUT2D eigenvalue weighted by Gasteiger charge is -2.16. The van der Waals surface area contributed by atoms with E-state index in [1.807, 2.05) is 19.9 Å². The molecule has 2 aromatic rings. The summed E-state index contributed by atoms with van der Waals surface area (Å²) in [6.07, 6.45) is 6.88. The van der Waals surface area contributed by atoms with E-state index in [1.54, 1.807) is 18.3 Å². The van der Waals surface area contributed by atoms with E-state index >= 15 is 0 Å². The summed E-state index contributed by atoms with van der Waals surface area (Å²) in [5, 5.41) is 0. The van der Waals surface area contributed by atoms with Crippen molar-refractivity contribution in [2.24, 2.45) is 0 Å². The summed E-state index contributed by atoms with van der Waals surface area (Å²) in [7, 11) is 0. The van der Waals surface area contributed by atoms with Gasteiger partial charge in [-0.3, -0.25) is 0 Å². The first-order valence-corrected chi connectivity index (χ1v) is 7.01. The zero-order chi connectivity index (χ0) is 14.8. The molecule has 3 rings (SSSR count). The summed E-state index contributed by atoms with van der Waals surface area (Å²) < 4.78 is 11.8. The number of rotatable bonds is 4. The SMILES string of the molecule is CC(C)Oc1cc2c(cc1Oc1ccnc(N)c1)C=CC2. The van der Waals surface area contributed by atoms with Crippen molar-refractivity contribution in [3.63, 3.8) is 0 Å². The molecule has 1 aromatic heterocycles. The fourth-order valence-electron chi connectivity index (χ4n) is 2.31. The molecule has 1 aliphatic rings. The average Bonchev–Trinajstić information content (AvgIpc) is 2.85. The van der Waals surface area contributed by atoms with Crippen LogP contribution in [-0.2, 0) is 6.42 Å². The van der Waals surface area contributed by atoms with Crippen molar-refractivity contribution >= 4 is 11.9 Å². The maximum atomic E-state index is 5.94. The molecular formula is C17H18N2O2. The van der Waals surface area contributed by atoms with Crippen LogP contribution >= 0.6 is 0 Å². The van der Waals surface area contributed by atoms with Crippen molar-refractivity contribution in [2.75, 3.05) is 5.73 Å². The number of anilines is 1. The number of hydrogen-bond donors (Lipinski definition) is 1. The Labute approximate surface area is 124 Å². The van der Waals surface area contributed by atoms with Gasteiger partial charge in [-0.1, -0.05) is 12.2 Å². The first-order valence-electron chi connectivity index (χ1n) is 7.01. The van der Waals surface area contributed by atoms with Crippen LogP contribution in [0.4, 0.5) is 5.82 Å². The van der Waals surface area contributed by atoms with Crippen LogP contribution in [0.2, 0.25) is 0 Å². The quantitative estimate of drug-likeness (QED) is 0.926. The number of benzene rings is 1. The Balaban J connectivity index is 1.97. The van der Waals surface area contributed by atoms with Gasteiger partial charge in [-0.15, -0.1) is 0 Å². The predicted molar refractivity (Wildman–Crippen MR) is 83.7 cm³/mol. The standard InChI is InChI=1S/C17H18N2O2/c1-11(2)20-15-8-12-4-3-5-13(12)9-16(15)21-14-6-7-19-17(18)10-14/h3,5-11H,4H2,1-2H3,(H2,18,19). The van der Waals surface area contributed by atoms with Crippen molar-refractivity contribution in [1.29, 1.82) is 0 Å². The average molecular weight is 282 g/mol. The fourth-order valence-corrected chi connectivity index (χ4v) is 2.31. The predicted octanol–water partition coefficient (Wildman–Crippen LogP) is 3.81. The van der Waals surface area contributed by atoms with Gasteiger partial charge in [0.25, 0.3) is 0 Å². The van der Waals surface area contributed by atoms with Gasteiger partial charge in [0, 0.05) is 12.3 Å². The van der Waals surface area contributed by atoms with Crippen LogP contribution in [-0.4, -0.2) is 11.1 Å². The molecule has 1 aliphatic carbocycles. The van der Waals surface area contributed by atoms with E-state index in [0.29, 0.717) is 17.3 Å². The third kappa shape index (κ3) is 2.99. The Kier molecular flexibility index (Phi) is 3.52. The van der Waals surface area contributed by atoms with Gasteiger partial charge in [-0.05, 0) is 49.6 Å². The van der Waals surface area contributed by atoms with Crippen molar-refractivity contribution < 1.29 is 9.47 Å². The molecule has 0 saturated carbocycles. The van der Waals surface area contributed by atoms with Gasteiger partial charge in [0.2, 0.25) is 0 Å². The van der Waals surface area contributed by atoms with Gasteiger partial charge >= 0.3 is 0 Å². The molecule has 1 heterocycles. The lowest BCUT2D eigenvalue weighted by molar-refractivity contribution is 0.233. The van der Waals surface area contributed by atoms with Crippen LogP contribution in [0.15, 0.2) is 36.5 Å². The Bertz CT molecular complexity index is 693. The van der Waals surface area contributed by atoms with E-state index < -0.39 is 0 Å². The number of ether oxygens (including phenoxy) is 2. The number of fused-ring (bicyclic) bond motifs is 1. The fraction of sp³-hybridized carbons (Fsp3) is 0.235. The Morgan fingerprint density at radius 1 is 1.19 bits per heavy atom. The van der Waals surface area contributed by atoms with Gasteiger partial charge in [0.05, 0.1) is 6.10 Å². The molecule has 0 bridgehead atoms. The van der Waals surface area contributed by atoms with Crippen molar-refractivity contribution in [1.82, 2.24) is 4.98 Å².